The lowest BCUT2D eigenvalue weighted by atomic mass is 9.68. The molecule has 0 spiro atoms. The second kappa shape index (κ2) is 4.49. The lowest BCUT2D eigenvalue weighted by Crippen LogP contribution is -2.37. The minimum atomic E-state index is 0.209. The molecule has 5 nitrogen and oxygen atoms in total. The van der Waals surface area contributed by atoms with Crippen LogP contribution in [0.1, 0.15) is 38.4 Å². The van der Waals surface area contributed by atoms with Crippen LogP contribution in [0.4, 0.5) is 0 Å². The standard InChI is InChI=1S/C11H21N5/c1-9-4-3-5-11(6-9,8-12)7-10-13-15-16(2)14-10/h9H,3-8,12H2,1-2H3. The van der Waals surface area contributed by atoms with Crippen molar-refractivity contribution in [2.24, 2.45) is 24.1 Å². The minimum absolute atomic E-state index is 0.209. The minimum Gasteiger partial charge on any atom is -0.330 e. The summed E-state index contributed by atoms with van der Waals surface area (Å²) in [4.78, 5) is 1.52. The number of aryl methyl sites for hydroxylation is 1. The smallest absolute Gasteiger partial charge is 0.175 e. The summed E-state index contributed by atoms with van der Waals surface area (Å²) in [5.74, 6) is 1.61. The monoisotopic (exact) mass is 223 g/mol. The van der Waals surface area contributed by atoms with Crippen molar-refractivity contribution in [3.63, 3.8) is 0 Å². The van der Waals surface area contributed by atoms with Gasteiger partial charge in [0, 0.05) is 6.42 Å². The number of nitrogens with two attached hydrogens (primary N) is 1. The predicted molar refractivity (Wildman–Crippen MR) is 61.6 cm³/mol. The number of tetrazole rings is 1. The van der Waals surface area contributed by atoms with Crippen molar-refractivity contribution in [1.29, 1.82) is 0 Å². The summed E-state index contributed by atoms with van der Waals surface area (Å²) in [6, 6.07) is 0. The Morgan fingerprint density at radius 1 is 1.56 bits per heavy atom. The third-order valence-electron chi connectivity index (χ3n) is 3.70. The summed E-state index contributed by atoms with van der Waals surface area (Å²) in [6.07, 6.45) is 5.88. The lowest BCUT2D eigenvalue weighted by Gasteiger charge is -2.38. The van der Waals surface area contributed by atoms with Crippen LogP contribution in [0, 0.1) is 11.3 Å². The lowest BCUT2D eigenvalue weighted by molar-refractivity contribution is 0.151. The molecule has 0 aliphatic heterocycles. The molecule has 0 aromatic carbocycles. The molecule has 2 atom stereocenters. The van der Waals surface area contributed by atoms with Crippen LogP contribution in [0.5, 0.6) is 0 Å². The number of nitrogens with zero attached hydrogens (tertiary/aromatic N) is 4. The molecule has 0 radical (unpaired) electrons. The first-order valence-electron chi connectivity index (χ1n) is 6.06. The summed E-state index contributed by atoms with van der Waals surface area (Å²) in [6.45, 7) is 3.04. The van der Waals surface area contributed by atoms with Gasteiger partial charge in [-0.2, -0.15) is 4.80 Å². The Morgan fingerprint density at radius 3 is 2.94 bits per heavy atom. The maximum atomic E-state index is 5.97. The Bertz CT molecular complexity index is 348. The second-order valence-electron chi connectivity index (χ2n) is 5.28. The molecular formula is C11H21N5. The molecule has 0 saturated heterocycles. The van der Waals surface area contributed by atoms with Crippen molar-refractivity contribution in [3.05, 3.63) is 5.82 Å². The van der Waals surface area contributed by atoms with Crippen molar-refractivity contribution < 1.29 is 0 Å². The number of hydrogen-bond donors (Lipinski definition) is 1. The van der Waals surface area contributed by atoms with Gasteiger partial charge in [-0.3, -0.25) is 0 Å². The van der Waals surface area contributed by atoms with Gasteiger partial charge in [0.1, 0.15) is 0 Å². The van der Waals surface area contributed by atoms with Crippen molar-refractivity contribution in [2.45, 2.75) is 39.0 Å². The fraction of sp³-hybridized carbons (Fsp3) is 0.909. The van der Waals surface area contributed by atoms with Crippen LogP contribution in [0.15, 0.2) is 0 Å². The number of rotatable bonds is 3. The highest BCUT2D eigenvalue weighted by atomic mass is 15.6. The van der Waals surface area contributed by atoms with Crippen LogP contribution >= 0.6 is 0 Å². The normalized spacial score (nSPS) is 30.6. The van der Waals surface area contributed by atoms with E-state index in [-0.39, 0.29) is 5.41 Å². The van der Waals surface area contributed by atoms with Crippen LogP contribution < -0.4 is 5.73 Å². The molecule has 2 rings (SSSR count). The van der Waals surface area contributed by atoms with Crippen molar-refractivity contribution in [1.82, 2.24) is 20.2 Å². The van der Waals surface area contributed by atoms with Gasteiger partial charge in [0.05, 0.1) is 7.05 Å². The first-order chi connectivity index (χ1) is 7.63. The highest BCUT2D eigenvalue weighted by Crippen LogP contribution is 2.40. The molecule has 90 valence electrons. The van der Waals surface area contributed by atoms with E-state index in [1.165, 1.54) is 30.5 Å². The zero-order valence-electron chi connectivity index (χ0n) is 10.2. The molecular weight excluding hydrogens is 202 g/mol. The zero-order chi connectivity index (χ0) is 11.6. The molecule has 5 heteroatoms. The third kappa shape index (κ3) is 2.40. The average Bonchev–Trinajstić information content (AvgIpc) is 2.64. The van der Waals surface area contributed by atoms with E-state index in [0.717, 1.165) is 24.7 Å². The van der Waals surface area contributed by atoms with E-state index >= 15 is 0 Å². The van der Waals surface area contributed by atoms with Gasteiger partial charge < -0.3 is 5.73 Å². The van der Waals surface area contributed by atoms with Crippen LogP contribution in [-0.4, -0.2) is 26.8 Å². The van der Waals surface area contributed by atoms with E-state index in [1.54, 1.807) is 7.05 Å². The third-order valence-corrected chi connectivity index (χ3v) is 3.70. The van der Waals surface area contributed by atoms with E-state index < -0.39 is 0 Å². The van der Waals surface area contributed by atoms with Gasteiger partial charge in [-0.15, -0.1) is 10.2 Å². The average molecular weight is 223 g/mol. The Kier molecular flexibility index (Phi) is 3.23. The molecule has 0 bridgehead atoms. The highest BCUT2D eigenvalue weighted by molar-refractivity contribution is 4.94. The summed E-state index contributed by atoms with van der Waals surface area (Å²) in [5, 5.41) is 12.2. The van der Waals surface area contributed by atoms with Crippen LogP contribution in [-0.2, 0) is 13.5 Å². The summed E-state index contributed by atoms with van der Waals surface area (Å²) >= 11 is 0. The van der Waals surface area contributed by atoms with Crippen LogP contribution in [0.3, 0.4) is 0 Å². The molecule has 2 unspecified atom stereocenters. The molecule has 2 N–H and O–H groups in total. The fourth-order valence-corrected chi connectivity index (χ4v) is 2.92. The summed E-state index contributed by atoms with van der Waals surface area (Å²) in [7, 11) is 1.80. The van der Waals surface area contributed by atoms with Gasteiger partial charge in [-0.05, 0) is 35.9 Å². The topological polar surface area (TPSA) is 69.6 Å². The molecule has 0 amide bonds. The van der Waals surface area contributed by atoms with Crippen molar-refractivity contribution >= 4 is 0 Å². The molecule has 1 aliphatic carbocycles. The van der Waals surface area contributed by atoms with E-state index in [4.69, 9.17) is 5.73 Å². The fourth-order valence-electron chi connectivity index (χ4n) is 2.92. The SMILES string of the molecule is CC1CCCC(CN)(Cc2nnn(C)n2)C1. The molecule has 1 fully saturated rings. The first-order valence-corrected chi connectivity index (χ1v) is 6.06. The number of hydrogen-bond acceptors (Lipinski definition) is 4. The zero-order valence-corrected chi connectivity index (χ0v) is 10.2. The Labute approximate surface area is 96.4 Å². The molecule has 1 heterocycles. The van der Waals surface area contributed by atoms with E-state index in [9.17, 15) is 0 Å². The Hall–Kier alpha value is -0.970. The van der Waals surface area contributed by atoms with Gasteiger partial charge in [-0.25, -0.2) is 0 Å². The van der Waals surface area contributed by atoms with Gasteiger partial charge >= 0.3 is 0 Å². The van der Waals surface area contributed by atoms with Crippen LogP contribution in [0.2, 0.25) is 0 Å². The van der Waals surface area contributed by atoms with Gasteiger partial charge in [0.2, 0.25) is 0 Å². The maximum absolute atomic E-state index is 5.97. The molecule has 16 heavy (non-hydrogen) atoms. The Morgan fingerprint density at radius 2 is 2.38 bits per heavy atom. The molecule has 1 aliphatic rings. The van der Waals surface area contributed by atoms with Crippen molar-refractivity contribution in [2.75, 3.05) is 6.54 Å². The molecule has 1 aromatic heterocycles. The molecule has 1 saturated carbocycles. The largest absolute Gasteiger partial charge is 0.330 e. The second-order valence-corrected chi connectivity index (χ2v) is 5.28. The Balaban J connectivity index is 2.09. The maximum Gasteiger partial charge on any atom is 0.175 e. The van der Waals surface area contributed by atoms with Gasteiger partial charge in [0.25, 0.3) is 0 Å². The highest BCUT2D eigenvalue weighted by Gasteiger charge is 2.35. The summed E-state index contributed by atoms with van der Waals surface area (Å²) in [5.41, 5.74) is 6.18. The molecule has 1 aromatic rings. The summed E-state index contributed by atoms with van der Waals surface area (Å²) < 4.78 is 0. The van der Waals surface area contributed by atoms with Crippen molar-refractivity contribution in [3.8, 4) is 0 Å². The predicted octanol–water partition coefficient (Wildman–Crippen LogP) is 0.908. The first kappa shape index (κ1) is 11.5. The van der Waals surface area contributed by atoms with Gasteiger partial charge in [-0.1, -0.05) is 19.8 Å². The van der Waals surface area contributed by atoms with Gasteiger partial charge in [0.15, 0.2) is 5.82 Å². The van der Waals surface area contributed by atoms with E-state index in [1.807, 2.05) is 0 Å². The quantitative estimate of drug-likeness (QED) is 0.827. The van der Waals surface area contributed by atoms with Crippen LogP contribution in [0.25, 0.3) is 0 Å². The van der Waals surface area contributed by atoms with E-state index in [2.05, 4.69) is 22.3 Å². The number of aromatic nitrogens is 4. The van der Waals surface area contributed by atoms with E-state index in [0.29, 0.717) is 0 Å².